The fourth-order valence-electron chi connectivity index (χ4n) is 2.01. The van der Waals surface area contributed by atoms with Gasteiger partial charge >= 0.3 is 6.09 Å². The summed E-state index contributed by atoms with van der Waals surface area (Å²) in [5, 5.41) is 12.6. The molecule has 0 saturated heterocycles. The SMILES string of the molecule is CC(C)(C)OC(=O)NC1CCC(O)C1(C)C. The molecule has 94 valence electrons. The van der Waals surface area contributed by atoms with Crippen LogP contribution < -0.4 is 5.32 Å². The number of ether oxygens (including phenoxy) is 1. The van der Waals surface area contributed by atoms with E-state index in [0.29, 0.717) is 0 Å². The third kappa shape index (κ3) is 3.11. The average Bonchev–Trinajstić information content (AvgIpc) is 2.28. The Hall–Kier alpha value is -0.770. The Labute approximate surface area is 97.4 Å². The molecule has 4 nitrogen and oxygen atoms in total. The van der Waals surface area contributed by atoms with E-state index in [9.17, 15) is 9.90 Å². The first-order valence-electron chi connectivity index (χ1n) is 5.80. The number of rotatable bonds is 1. The summed E-state index contributed by atoms with van der Waals surface area (Å²) in [4.78, 5) is 11.6. The number of hydrogen-bond donors (Lipinski definition) is 2. The zero-order valence-electron chi connectivity index (χ0n) is 10.8. The molecule has 2 unspecified atom stereocenters. The molecule has 1 aliphatic carbocycles. The summed E-state index contributed by atoms with van der Waals surface area (Å²) in [5.41, 5.74) is -0.762. The van der Waals surface area contributed by atoms with Crippen molar-refractivity contribution >= 4 is 6.09 Å². The molecule has 0 radical (unpaired) electrons. The van der Waals surface area contributed by atoms with E-state index in [1.165, 1.54) is 0 Å². The third-order valence-electron chi connectivity index (χ3n) is 3.18. The maximum Gasteiger partial charge on any atom is 0.407 e. The number of aliphatic hydroxyl groups excluding tert-OH is 1. The molecule has 2 N–H and O–H groups in total. The molecule has 0 aromatic heterocycles. The molecular weight excluding hydrogens is 206 g/mol. The molecule has 16 heavy (non-hydrogen) atoms. The lowest BCUT2D eigenvalue weighted by molar-refractivity contribution is 0.0367. The standard InChI is InChI=1S/C12H23NO3/c1-11(2,3)16-10(15)13-8-6-7-9(14)12(8,4)5/h8-9,14H,6-7H2,1-5H3,(H,13,15). The summed E-state index contributed by atoms with van der Waals surface area (Å²) in [6, 6.07) is -0.0163. The van der Waals surface area contributed by atoms with Gasteiger partial charge in [0.2, 0.25) is 0 Å². The second kappa shape index (κ2) is 4.24. The van der Waals surface area contributed by atoms with Gasteiger partial charge in [0.05, 0.1) is 6.10 Å². The van der Waals surface area contributed by atoms with Gasteiger partial charge in [-0.15, -0.1) is 0 Å². The molecule has 2 atom stereocenters. The second-order valence-electron chi connectivity index (χ2n) is 6.11. The molecule has 4 heteroatoms. The molecule has 0 aromatic rings. The minimum atomic E-state index is -0.481. The summed E-state index contributed by atoms with van der Waals surface area (Å²) >= 11 is 0. The zero-order valence-corrected chi connectivity index (χ0v) is 10.8. The molecule has 1 rings (SSSR count). The largest absolute Gasteiger partial charge is 0.444 e. The van der Waals surface area contributed by atoms with Gasteiger partial charge in [-0.2, -0.15) is 0 Å². The van der Waals surface area contributed by atoms with Gasteiger partial charge in [-0.25, -0.2) is 4.79 Å². The molecular formula is C12H23NO3. The summed E-state index contributed by atoms with van der Waals surface area (Å²) in [6.45, 7) is 9.43. The molecule has 0 aromatic carbocycles. The van der Waals surface area contributed by atoms with Crippen molar-refractivity contribution in [3.8, 4) is 0 Å². The lowest BCUT2D eigenvalue weighted by atomic mass is 9.85. The van der Waals surface area contributed by atoms with Crippen molar-refractivity contribution in [2.75, 3.05) is 0 Å². The van der Waals surface area contributed by atoms with E-state index < -0.39 is 11.7 Å². The Balaban J connectivity index is 2.53. The highest BCUT2D eigenvalue weighted by Crippen LogP contribution is 2.37. The molecule has 0 bridgehead atoms. The predicted molar refractivity (Wildman–Crippen MR) is 62.2 cm³/mol. The van der Waals surface area contributed by atoms with E-state index in [1.54, 1.807) is 0 Å². The normalized spacial score (nSPS) is 28.9. The highest BCUT2D eigenvalue weighted by atomic mass is 16.6. The topological polar surface area (TPSA) is 58.6 Å². The van der Waals surface area contributed by atoms with Crippen molar-refractivity contribution < 1.29 is 14.6 Å². The Morgan fingerprint density at radius 1 is 1.38 bits per heavy atom. The Morgan fingerprint density at radius 3 is 2.31 bits per heavy atom. The van der Waals surface area contributed by atoms with Gasteiger partial charge in [0.25, 0.3) is 0 Å². The lowest BCUT2D eigenvalue weighted by Gasteiger charge is -2.31. The number of hydrogen-bond acceptors (Lipinski definition) is 3. The number of aliphatic hydroxyl groups is 1. The van der Waals surface area contributed by atoms with E-state index in [4.69, 9.17) is 4.74 Å². The number of carbonyl (C=O) groups excluding carboxylic acids is 1. The smallest absolute Gasteiger partial charge is 0.407 e. The fraction of sp³-hybridized carbons (Fsp3) is 0.917. The van der Waals surface area contributed by atoms with Crippen LogP contribution in [-0.4, -0.2) is 28.9 Å². The average molecular weight is 229 g/mol. The first-order valence-corrected chi connectivity index (χ1v) is 5.80. The highest BCUT2D eigenvalue weighted by Gasteiger charge is 2.43. The van der Waals surface area contributed by atoms with Crippen LogP contribution in [0.1, 0.15) is 47.5 Å². The van der Waals surface area contributed by atoms with Crippen LogP contribution in [0.4, 0.5) is 4.79 Å². The van der Waals surface area contributed by atoms with E-state index in [-0.39, 0.29) is 17.6 Å². The van der Waals surface area contributed by atoms with Gasteiger partial charge < -0.3 is 15.2 Å². The number of carbonyl (C=O) groups is 1. The van der Waals surface area contributed by atoms with Gasteiger partial charge in [0.1, 0.15) is 5.60 Å². The van der Waals surface area contributed by atoms with Gasteiger partial charge in [-0.3, -0.25) is 0 Å². The van der Waals surface area contributed by atoms with E-state index in [0.717, 1.165) is 12.8 Å². The van der Waals surface area contributed by atoms with Crippen LogP contribution in [0.2, 0.25) is 0 Å². The maximum absolute atomic E-state index is 11.6. The number of nitrogens with one attached hydrogen (secondary N) is 1. The van der Waals surface area contributed by atoms with Crippen molar-refractivity contribution in [2.24, 2.45) is 5.41 Å². The van der Waals surface area contributed by atoms with Crippen LogP contribution in [0, 0.1) is 5.41 Å². The monoisotopic (exact) mass is 229 g/mol. The van der Waals surface area contributed by atoms with Crippen molar-refractivity contribution in [3.63, 3.8) is 0 Å². The number of alkyl carbamates (subject to hydrolysis) is 1. The molecule has 1 saturated carbocycles. The van der Waals surface area contributed by atoms with Crippen LogP contribution in [0.25, 0.3) is 0 Å². The Morgan fingerprint density at radius 2 is 1.94 bits per heavy atom. The van der Waals surface area contributed by atoms with Crippen molar-refractivity contribution in [2.45, 2.75) is 65.2 Å². The fourth-order valence-corrected chi connectivity index (χ4v) is 2.01. The van der Waals surface area contributed by atoms with Gasteiger partial charge in [0, 0.05) is 11.5 Å². The van der Waals surface area contributed by atoms with Crippen LogP contribution in [0.3, 0.4) is 0 Å². The van der Waals surface area contributed by atoms with Crippen LogP contribution in [0.15, 0.2) is 0 Å². The Kier molecular flexibility index (Phi) is 3.53. The third-order valence-corrected chi connectivity index (χ3v) is 3.18. The first kappa shape index (κ1) is 13.3. The van der Waals surface area contributed by atoms with Gasteiger partial charge in [-0.05, 0) is 33.6 Å². The first-order chi connectivity index (χ1) is 7.13. The molecule has 1 amide bonds. The summed E-state index contributed by atoms with van der Waals surface area (Å²) in [7, 11) is 0. The quantitative estimate of drug-likeness (QED) is 0.723. The number of amides is 1. The molecule has 1 aliphatic rings. The van der Waals surface area contributed by atoms with Crippen LogP contribution in [-0.2, 0) is 4.74 Å². The molecule has 1 fully saturated rings. The zero-order chi connectivity index (χ0) is 12.6. The van der Waals surface area contributed by atoms with Crippen molar-refractivity contribution in [3.05, 3.63) is 0 Å². The van der Waals surface area contributed by atoms with E-state index in [1.807, 2.05) is 34.6 Å². The van der Waals surface area contributed by atoms with Crippen LogP contribution >= 0.6 is 0 Å². The van der Waals surface area contributed by atoms with Crippen LogP contribution in [0.5, 0.6) is 0 Å². The molecule has 0 heterocycles. The highest BCUT2D eigenvalue weighted by molar-refractivity contribution is 5.68. The molecule has 0 aliphatic heterocycles. The Bertz CT molecular complexity index is 268. The van der Waals surface area contributed by atoms with Crippen molar-refractivity contribution in [1.29, 1.82) is 0 Å². The second-order valence-corrected chi connectivity index (χ2v) is 6.11. The predicted octanol–water partition coefficient (Wildman–Crippen LogP) is 2.06. The minimum Gasteiger partial charge on any atom is -0.444 e. The van der Waals surface area contributed by atoms with E-state index in [2.05, 4.69) is 5.32 Å². The lowest BCUT2D eigenvalue weighted by Crippen LogP contribution is -2.46. The summed E-state index contributed by atoms with van der Waals surface area (Å²) in [6.07, 6.45) is 0.771. The molecule has 0 spiro atoms. The maximum atomic E-state index is 11.6. The summed E-state index contributed by atoms with van der Waals surface area (Å²) < 4.78 is 5.20. The van der Waals surface area contributed by atoms with Gasteiger partial charge in [0.15, 0.2) is 0 Å². The van der Waals surface area contributed by atoms with E-state index >= 15 is 0 Å². The minimum absolute atomic E-state index is 0.0163. The van der Waals surface area contributed by atoms with Crippen molar-refractivity contribution in [1.82, 2.24) is 5.32 Å². The summed E-state index contributed by atoms with van der Waals surface area (Å²) in [5.74, 6) is 0. The van der Waals surface area contributed by atoms with Gasteiger partial charge in [-0.1, -0.05) is 13.8 Å².